The van der Waals surface area contributed by atoms with Crippen LogP contribution in [0.1, 0.15) is 5.56 Å². The van der Waals surface area contributed by atoms with E-state index in [1.54, 1.807) is 6.20 Å². The fourth-order valence-electron chi connectivity index (χ4n) is 3.93. The fourth-order valence-corrected chi connectivity index (χ4v) is 3.93. The van der Waals surface area contributed by atoms with Crippen molar-refractivity contribution in [2.24, 2.45) is 0 Å². The molecule has 4 aromatic rings. The third kappa shape index (κ3) is 3.51. The summed E-state index contributed by atoms with van der Waals surface area (Å²) in [5, 5.41) is 1.10. The van der Waals surface area contributed by atoms with E-state index in [-0.39, 0.29) is 0 Å². The lowest BCUT2D eigenvalue weighted by Gasteiger charge is -2.37. The molecule has 3 heterocycles. The molecule has 1 aliphatic rings. The standard InChI is InChI=1S/C24H23N5/c1-18-6-4-8-20(16-18)28-12-14-29(15-13-28)24-21-9-2-3-10-22(21)26-23(27-24)19-7-5-11-25-17-19/h2-11,16-17H,12-15H2,1H3. The number of benzene rings is 2. The summed E-state index contributed by atoms with van der Waals surface area (Å²) >= 11 is 0. The second-order valence-electron chi connectivity index (χ2n) is 7.44. The molecule has 5 nitrogen and oxygen atoms in total. The van der Waals surface area contributed by atoms with Gasteiger partial charge in [-0.05, 0) is 48.9 Å². The Labute approximate surface area is 170 Å². The van der Waals surface area contributed by atoms with Crippen LogP contribution in [0.3, 0.4) is 0 Å². The van der Waals surface area contributed by atoms with Gasteiger partial charge >= 0.3 is 0 Å². The molecule has 0 saturated carbocycles. The zero-order valence-electron chi connectivity index (χ0n) is 16.5. The number of fused-ring (bicyclic) bond motifs is 1. The minimum atomic E-state index is 0.730. The molecule has 0 spiro atoms. The molecule has 2 aromatic carbocycles. The van der Waals surface area contributed by atoms with Gasteiger partial charge in [-0.25, -0.2) is 9.97 Å². The van der Waals surface area contributed by atoms with E-state index in [1.807, 2.05) is 24.4 Å². The molecule has 0 amide bonds. The second kappa shape index (κ2) is 7.51. The number of aryl methyl sites for hydroxylation is 1. The van der Waals surface area contributed by atoms with Crippen molar-refractivity contribution in [3.8, 4) is 11.4 Å². The van der Waals surface area contributed by atoms with E-state index < -0.39 is 0 Å². The van der Waals surface area contributed by atoms with Crippen molar-refractivity contribution in [3.05, 3.63) is 78.6 Å². The van der Waals surface area contributed by atoms with Crippen LogP contribution >= 0.6 is 0 Å². The van der Waals surface area contributed by atoms with Crippen molar-refractivity contribution >= 4 is 22.4 Å². The molecule has 2 aromatic heterocycles. The molecule has 0 aliphatic carbocycles. The molecule has 0 bridgehead atoms. The summed E-state index contributed by atoms with van der Waals surface area (Å²) in [6, 6.07) is 20.9. The molecular weight excluding hydrogens is 358 g/mol. The van der Waals surface area contributed by atoms with Crippen LogP contribution in [0, 0.1) is 6.92 Å². The molecule has 0 radical (unpaired) electrons. The zero-order chi connectivity index (χ0) is 19.6. The first-order chi connectivity index (χ1) is 14.3. The molecule has 0 N–H and O–H groups in total. The van der Waals surface area contributed by atoms with Crippen molar-refractivity contribution in [3.63, 3.8) is 0 Å². The highest BCUT2D eigenvalue weighted by atomic mass is 15.3. The number of anilines is 2. The number of pyridine rings is 1. The van der Waals surface area contributed by atoms with Crippen LogP contribution < -0.4 is 9.80 Å². The van der Waals surface area contributed by atoms with Crippen LogP contribution in [0.25, 0.3) is 22.3 Å². The maximum atomic E-state index is 4.96. The summed E-state index contributed by atoms with van der Waals surface area (Å²) in [5.41, 5.74) is 4.51. The molecule has 144 valence electrons. The third-order valence-corrected chi connectivity index (χ3v) is 5.45. The van der Waals surface area contributed by atoms with Crippen molar-refractivity contribution in [2.75, 3.05) is 36.0 Å². The van der Waals surface area contributed by atoms with Gasteiger partial charge in [0.05, 0.1) is 5.52 Å². The Kier molecular flexibility index (Phi) is 4.56. The molecule has 29 heavy (non-hydrogen) atoms. The minimum absolute atomic E-state index is 0.730. The first-order valence-electron chi connectivity index (χ1n) is 10.0. The predicted octanol–water partition coefficient (Wildman–Crippen LogP) is 4.33. The zero-order valence-corrected chi connectivity index (χ0v) is 16.5. The summed E-state index contributed by atoms with van der Waals surface area (Å²) in [7, 11) is 0. The Morgan fingerprint density at radius 1 is 0.793 bits per heavy atom. The number of hydrogen-bond acceptors (Lipinski definition) is 5. The first kappa shape index (κ1) is 17.6. The molecule has 0 atom stereocenters. The van der Waals surface area contributed by atoms with Crippen LogP contribution in [0.15, 0.2) is 73.1 Å². The van der Waals surface area contributed by atoms with Crippen molar-refractivity contribution in [1.29, 1.82) is 0 Å². The van der Waals surface area contributed by atoms with Gasteiger partial charge in [-0.2, -0.15) is 0 Å². The quantitative estimate of drug-likeness (QED) is 0.529. The second-order valence-corrected chi connectivity index (χ2v) is 7.44. The van der Waals surface area contributed by atoms with Crippen LogP contribution in [0.5, 0.6) is 0 Å². The van der Waals surface area contributed by atoms with Gasteiger partial charge in [0.15, 0.2) is 5.82 Å². The topological polar surface area (TPSA) is 45.2 Å². The van der Waals surface area contributed by atoms with E-state index >= 15 is 0 Å². The van der Waals surface area contributed by atoms with Gasteiger partial charge < -0.3 is 9.80 Å². The van der Waals surface area contributed by atoms with E-state index in [1.165, 1.54) is 11.3 Å². The van der Waals surface area contributed by atoms with Crippen LogP contribution in [0.4, 0.5) is 11.5 Å². The molecule has 5 heteroatoms. The summed E-state index contributed by atoms with van der Waals surface area (Å²) in [5.74, 6) is 1.74. The van der Waals surface area contributed by atoms with Gasteiger partial charge in [-0.3, -0.25) is 4.98 Å². The smallest absolute Gasteiger partial charge is 0.163 e. The maximum Gasteiger partial charge on any atom is 0.163 e. The van der Waals surface area contributed by atoms with Gasteiger partial charge in [-0.15, -0.1) is 0 Å². The van der Waals surface area contributed by atoms with Gasteiger partial charge in [0, 0.05) is 55.2 Å². The Hall–Kier alpha value is -3.47. The van der Waals surface area contributed by atoms with Gasteiger partial charge in [0.25, 0.3) is 0 Å². The van der Waals surface area contributed by atoms with E-state index in [2.05, 4.69) is 64.2 Å². The number of aromatic nitrogens is 3. The number of para-hydroxylation sites is 1. The largest absolute Gasteiger partial charge is 0.368 e. The van der Waals surface area contributed by atoms with Crippen molar-refractivity contribution < 1.29 is 0 Å². The third-order valence-electron chi connectivity index (χ3n) is 5.45. The van der Waals surface area contributed by atoms with E-state index in [9.17, 15) is 0 Å². The van der Waals surface area contributed by atoms with E-state index in [0.29, 0.717) is 0 Å². The van der Waals surface area contributed by atoms with Crippen molar-refractivity contribution in [2.45, 2.75) is 6.92 Å². The lowest BCUT2D eigenvalue weighted by atomic mass is 10.1. The lowest BCUT2D eigenvalue weighted by Crippen LogP contribution is -2.47. The van der Waals surface area contributed by atoms with Gasteiger partial charge in [0.2, 0.25) is 0 Å². The summed E-state index contributed by atoms with van der Waals surface area (Å²) < 4.78 is 0. The maximum absolute atomic E-state index is 4.96. The Morgan fingerprint density at radius 3 is 2.41 bits per heavy atom. The summed E-state index contributed by atoms with van der Waals surface area (Å²) in [6.45, 7) is 5.96. The molecular formula is C24H23N5. The van der Waals surface area contributed by atoms with Gasteiger partial charge in [-0.1, -0.05) is 24.3 Å². The monoisotopic (exact) mass is 381 g/mol. The molecule has 1 fully saturated rings. The number of nitrogens with zero attached hydrogens (tertiary/aromatic N) is 5. The Bertz CT molecular complexity index is 1130. The fraction of sp³-hybridized carbons (Fsp3) is 0.208. The first-order valence-corrected chi connectivity index (χ1v) is 10.0. The normalized spacial score (nSPS) is 14.4. The molecule has 1 saturated heterocycles. The Morgan fingerprint density at radius 2 is 1.62 bits per heavy atom. The highest BCUT2D eigenvalue weighted by molar-refractivity contribution is 5.91. The van der Waals surface area contributed by atoms with Crippen molar-refractivity contribution in [1.82, 2.24) is 15.0 Å². The summed E-state index contributed by atoms with van der Waals surface area (Å²) in [6.07, 6.45) is 3.60. The highest BCUT2D eigenvalue weighted by Crippen LogP contribution is 2.29. The minimum Gasteiger partial charge on any atom is -0.368 e. The summed E-state index contributed by atoms with van der Waals surface area (Å²) in [4.78, 5) is 18.8. The van der Waals surface area contributed by atoms with Crippen LogP contribution in [-0.4, -0.2) is 41.1 Å². The number of rotatable bonds is 3. The molecule has 1 aliphatic heterocycles. The van der Waals surface area contributed by atoms with E-state index in [0.717, 1.165) is 54.3 Å². The average molecular weight is 381 g/mol. The molecule has 5 rings (SSSR count). The van der Waals surface area contributed by atoms with Crippen LogP contribution in [0.2, 0.25) is 0 Å². The number of hydrogen-bond donors (Lipinski definition) is 0. The Balaban J connectivity index is 1.47. The lowest BCUT2D eigenvalue weighted by molar-refractivity contribution is 0.649. The number of piperazine rings is 1. The highest BCUT2D eigenvalue weighted by Gasteiger charge is 2.21. The average Bonchev–Trinajstić information content (AvgIpc) is 2.79. The predicted molar refractivity (Wildman–Crippen MR) is 118 cm³/mol. The molecule has 0 unspecified atom stereocenters. The SMILES string of the molecule is Cc1cccc(N2CCN(c3nc(-c4cccnc4)nc4ccccc34)CC2)c1. The van der Waals surface area contributed by atoms with E-state index in [4.69, 9.17) is 9.97 Å². The van der Waals surface area contributed by atoms with Crippen LogP contribution in [-0.2, 0) is 0 Å². The van der Waals surface area contributed by atoms with Gasteiger partial charge in [0.1, 0.15) is 5.82 Å².